The van der Waals surface area contributed by atoms with E-state index in [1.165, 1.54) is 27.9 Å². The summed E-state index contributed by atoms with van der Waals surface area (Å²) in [5.41, 5.74) is 0. The lowest BCUT2D eigenvalue weighted by molar-refractivity contribution is -0.309. The van der Waals surface area contributed by atoms with Gasteiger partial charge in [0, 0.05) is 34.3 Å². The van der Waals surface area contributed by atoms with Crippen molar-refractivity contribution in [3.63, 3.8) is 0 Å². The van der Waals surface area contributed by atoms with Gasteiger partial charge in [0.25, 0.3) is 0 Å². The highest BCUT2D eigenvalue weighted by atomic mass is 16.7. The van der Waals surface area contributed by atoms with Gasteiger partial charge in [-0.2, -0.15) is 0 Å². The summed E-state index contributed by atoms with van der Waals surface area (Å²) in [6.07, 6.45) is -3.47. The zero-order chi connectivity index (χ0) is 20.4. The molecule has 10 heteroatoms. The lowest BCUT2D eigenvalue weighted by Crippen LogP contribution is -2.62. The number of unbranched alkanes of at least 4 members (excludes halogenated alkanes) is 1. The molecule has 1 rings (SSSR count). The molecule has 0 amide bonds. The van der Waals surface area contributed by atoms with Gasteiger partial charge in [-0.3, -0.25) is 14.4 Å². The highest BCUT2D eigenvalue weighted by Gasteiger charge is 2.51. The van der Waals surface area contributed by atoms with Crippen LogP contribution in [0.4, 0.5) is 0 Å². The van der Waals surface area contributed by atoms with Gasteiger partial charge >= 0.3 is 17.9 Å². The van der Waals surface area contributed by atoms with Crippen LogP contribution in [0.1, 0.15) is 33.6 Å². The van der Waals surface area contributed by atoms with Crippen LogP contribution in [0, 0.1) is 0 Å². The average molecular weight is 390 g/mol. The van der Waals surface area contributed by atoms with Gasteiger partial charge in [-0.25, -0.2) is 0 Å². The first-order valence-corrected chi connectivity index (χ1v) is 8.51. The summed E-state index contributed by atoms with van der Waals surface area (Å²) in [5.74, 6) is -1.77. The normalized spacial score (nSPS) is 27.5. The maximum atomic E-state index is 11.6. The van der Waals surface area contributed by atoms with E-state index in [2.05, 4.69) is 0 Å². The fourth-order valence-electron chi connectivity index (χ4n) is 2.64. The monoisotopic (exact) mass is 390 g/mol. The van der Waals surface area contributed by atoms with E-state index in [4.69, 9.17) is 28.4 Å². The largest absolute Gasteiger partial charge is 0.463 e. The summed E-state index contributed by atoms with van der Waals surface area (Å²) in [5, 5.41) is 0. The maximum absolute atomic E-state index is 11.6. The van der Waals surface area contributed by atoms with Gasteiger partial charge in [0.1, 0.15) is 25.1 Å². The molecule has 1 saturated heterocycles. The Hall–Kier alpha value is -2.04. The topological polar surface area (TPSA) is 124 Å². The third kappa shape index (κ3) is 7.61. The molecule has 154 valence electrons. The number of methoxy groups -OCH3 is 1. The van der Waals surface area contributed by atoms with Crippen LogP contribution >= 0.6 is 0 Å². The maximum Gasteiger partial charge on any atom is 0.303 e. The second kappa shape index (κ2) is 11.6. The molecule has 0 aromatic carbocycles. The highest BCUT2D eigenvalue weighted by molar-refractivity contribution is 5.67. The van der Waals surface area contributed by atoms with E-state index >= 15 is 0 Å². The average Bonchev–Trinajstić information content (AvgIpc) is 2.58. The second-order valence-corrected chi connectivity index (χ2v) is 5.87. The summed E-state index contributed by atoms with van der Waals surface area (Å²) in [6.45, 7) is 3.61. The highest BCUT2D eigenvalue weighted by Crippen LogP contribution is 2.29. The minimum Gasteiger partial charge on any atom is -0.463 e. The molecule has 0 aromatic heterocycles. The third-order valence-electron chi connectivity index (χ3n) is 3.67. The van der Waals surface area contributed by atoms with E-state index in [-0.39, 0.29) is 19.6 Å². The Morgan fingerprint density at radius 2 is 1.59 bits per heavy atom. The molecule has 5 atom stereocenters. The molecule has 0 bridgehead atoms. The summed E-state index contributed by atoms with van der Waals surface area (Å²) in [4.78, 5) is 44.7. The van der Waals surface area contributed by atoms with Gasteiger partial charge in [-0.15, -0.1) is 0 Å². The van der Waals surface area contributed by atoms with Gasteiger partial charge in [0.2, 0.25) is 0 Å². The van der Waals surface area contributed by atoms with Crippen molar-refractivity contribution in [1.29, 1.82) is 0 Å². The van der Waals surface area contributed by atoms with Crippen LogP contribution in [0.5, 0.6) is 0 Å². The molecule has 0 aromatic rings. The van der Waals surface area contributed by atoms with Gasteiger partial charge in [-0.05, 0) is 6.42 Å². The van der Waals surface area contributed by atoms with Crippen LogP contribution < -0.4 is 0 Å². The van der Waals surface area contributed by atoms with Crippen LogP contribution in [0.3, 0.4) is 0 Å². The van der Waals surface area contributed by atoms with Crippen molar-refractivity contribution in [2.24, 2.45) is 0 Å². The molecule has 27 heavy (non-hydrogen) atoms. The Balaban J connectivity index is 3.05. The number of carbonyl (C=O) groups excluding carboxylic acids is 4. The minimum atomic E-state index is -1.10. The Morgan fingerprint density at radius 1 is 0.963 bits per heavy atom. The van der Waals surface area contributed by atoms with Crippen molar-refractivity contribution < 1.29 is 47.6 Å². The van der Waals surface area contributed by atoms with Crippen molar-refractivity contribution in [2.45, 2.75) is 64.3 Å². The van der Waals surface area contributed by atoms with Gasteiger partial charge < -0.3 is 33.2 Å². The molecule has 0 N–H and O–H groups in total. The Labute approximate surface area is 157 Å². The number of carbonyl (C=O) groups is 4. The number of aldehydes is 1. The molecule has 1 aliphatic rings. The molecule has 0 spiro atoms. The summed E-state index contributed by atoms with van der Waals surface area (Å²) in [7, 11) is 1.36. The molecule has 0 aliphatic carbocycles. The Morgan fingerprint density at radius 3 is 2.11 bits per heavy atom. The van der Waals surface area contributed by atoms with Crippen molar-refractivity contribution in [3.8, 4) is 0 Å². The molecule has 1 aliphatic heterocycles. The molecule has 1 fully saturated rings. The van der Waals surface area contributed by atoms with Crippen molar-refractivity contribution in [1.82, 2.24) is 0 Å². The van der Waals surface area contributed by atoms with Crippen LogP contribution in [-0.4, -0.2) is 75.2 Å². The van der Waals surface area contributed by atoms with E-state index in [1.807, 2.05) is 0 Å². The van der Waals surface area contributed by atoms with Gasteiger partial charge in [0.15, 0.2) is 18.5 Å². The van der Waals surface area contributed by atoms with E-state index in [9.17, 15) is 19.2 Å². The Kier molecular flexibility index (Phi) is 9.90. The molecule has 1 heterocycles. The molecular formula is C17H26O10. The SMILES string of the molecule is CO[C@@H]1C(COC(C)=O)O[C@@H](OCCCC=O)C(OC(C)=O)[C@H]1OC(C)=O. The number of hydrogen-bond donors (Lipinski definition) is 0. The summed E-state index contributed by atoms with van der Waals surface area (Å²) >= 11 is 0. The third-order valence-corrected chi connectivity index (χ3v) is 3.67. The fraction of sp³-hybridized carbons (Fsp3) is 0.765. The van der Waals surface area contributed by atoms with Crippen LogP contribution in [-0.2, 0) is 47.6 Å². The number of hydrogen-bond acceptors (Lipinski definition) is 10. The van der Waals surface area contributed by atoms with E-state index in [0.29, 0.717) is 6.42 Å². The first-order valence-electron chi connectivity index (χ1n) is 8.51. The first-order chi connectivity index (χ1) is 12.8. The summed E-state index contributed by atoms with van der Waals surface area (Å²) in [6, 6.07) is 0. The minimum absolute atomic E-state index is 0.145. The smallest absolute Gasteiger partial charge is 0.303 e. The molecule has 0 saturated carbocycles. The van der Waals surface area contributed by atoms with Gasteiger partial charge in [0.05, 0.1) is 6.61 Å². The molecule has 10 nitrogen and oxygen atoms in total. The van der Waals surface area contributed by atoms with E-state index in [1.54, 1.807) is 0 Å². The standard InChI is InChI=1S/C17H26O10/c1-10(19)24-9-13-14(22-4)15(25-11(2)20)16(26-12(3)21)17(27-13)23-8-6-5-7-18/h7,13-17H,5-6,8-9H2,1-4H3/t13?,14-,15+,16?,17-/m1/s1. The zero-order valence-electron chi connectivity index (χ0n) is 15.9. The van der Waals surface area contributed by atoms with Gasteiger partial charge in [-0.1, -0.05) is 0 Å². The lowest BCUT2D eigenvalue weighted by Gasteiger charge is -2.44. The predicted molar refractivity (Wildman–Crippen MR) is 88.4 cm³/mol. The first kappa shape index (κ1) is 23.0. The lowest BCUT2D eigenvalue weighted by atomic mass is 9.98. The zero-order valence-corrected chi connectivity index (χ0v) is 15.9. The fourth-order valence-corrected chi connectivity index (χ4v) is 2.64. The Bertz CT molecular complexity index is 520. The van der Waals surface area contributed by atoms with Crippen LogP contribution in [0.15, 0.2) is 0 Å². The van der Waals surface area contributed by atoms with Crippen LogP contribution in [0.2, 0.25) is 0 Å². The number of ether oxygens (including phenoxy) is 6. The molecule has 2 unspecified atom stereocenters. The van der Waals surface area contributed by atoms with Crippen molar-refractivity contribution in [2.75, 3.05) is 20.3 Å². The second-order valence-electron chi connectivity index (χ2n) is 5.87. The number of esters is 3. The summed E-state index contributed by atoms with van der Waals surface area (Å²) < 4.78 is 32.3. The van der Waals surface area contributed by atoms with Crippen LogP contribution in [0.25, 0.3) is 0 Å². The van der Waals surface area contributed by atoms with Crippen molar-refractivity contribution in [3.05, 3.63) is 0 Å². The molecular weight excluding hydrogens is 364 g/mol. The van der Waals surface area contributed by atoms with E-state index < -0.39 is 48.6 Å². The van der Waals surface area contributed by atoms with E-state index in [0.717, 1.165) is 6.29 Å². The predicted octanol–water partition coefficient (Wildman–Crippen LogP) is 0.149. The quantitative estimate of drug-likeness (QED) is 0.220. The van der Waals surface area contributed by atoms with Crippen molar-refractivity contribution >= 4 is 24.2 Å². The number of rotatable bonds is 10. The molecule has 0 radical (unpaired) electrons.